The number of ether oxygens (including phenoxy) is 1. The van der Waals surface area contributed by atoms with Gasteiger partial charge in [-0.15, -0.1) is 0 Å². The molecule has 0 aliphatic rings. The van der Waals surface area contributed by atoms with Crippen LogP contribution in [-0.2, 0) is 11.2 Å². The fourth-order valence-corrected chi connectivity index (χ4v) is 2.14. The van der Waals surface area contributed by atoms with Crippen molar-refractivity contribution in [3.63, 3.8) is 0 Å². The van der Waals surface area contributed by atoms with Crippen LogP contribution in [0.3, 0.4) is 0 Å². The van der Waals surface area contributed by atoms with Crippen molar-refractivity contribution in [2.75, 3.05) is 6.61 Å². The molecule has 2 heteroatoms. The summed E-state index contributed by atoms with van der Waals surface area (Å²) < 4.78 is 5.62. The molecule has 2 unspecified atom stereocenters. The van der Waals surface area contributed by atoms with Crippen molar-refractivity contribution in [1.82, 2.24) is 0 Å². The molecule has 0 amide bonds. The van der Waals surface area contributed by atoms with Crippen molar-refractivity contribution < 1.29 is 9.84 Å². The van der Waals surface area contributed by atoms with Gasteiger partial charge in [0, 0.05) is 13.0 Å². The molecule has 1 aromatic carbocycles. The average molecular weight is 236 g/mol. The molecule has 0 fully saturated rings. The summed E-state index contributed by atoms with van der Waals surface area (Å²) in [6, 6.07) is 8.27. The second-order valence-electron chi connectivity index (χ2n) is 4.92. The van der Waals surface area contributed by atoms with Gasteiger partial charge >= 0.3 is 0 Å². The van der Waals surface area contributed by atoms with Crippen LogP contribution in [0.5, 0.6) is 0 Å². The molecule has 0 aliphatic carbocycles. The van der Waals surface area contributed by atoms with E-state index in [1.165, 1.54) is 11.1 Å². The molecule has 0 saturated heterocycles. The van der Waals surface area contributed by atoms with E-state index in [2.05, 4.69) is 39.0 Å². The number of aliphatic hydroxyl groups excluding tert-OH is 1. The predicted molar refractivity (Wildman–Crippen MR) is 71.1 cm³/mol. The molecule has 96 valence electrons. The third-order valence-corrected chi connectivity index (χ3v) is 2.92. The Hall–Kier alpha value is -0.860. The number of aliphatic hydroxyl groups is 1. The maximum absolute atomic E-state index is 10.2. The minimum absolute atomic E-state index is 0.0829. The van der Waals surface area contributed by atoms with Crippen LogP contribution < -0.4 is 0 Å². The summed E-state index contributed by atoms with van der Waals surface area (Å²) in [6.45, 7) is 8.85. The molecule has 1 N–H and O–H groups in total. The fraction of sp³-hybridized carbons (Fsp3) is 0.600. The Bertz CT molecular complexity index is 333. The number of aryl methyl sites for hydroxylation is 1. The van der Waals surface area contributed by atoms with Crippen LogP contribution in [0.4, 0.5) is 0 Å². The van der Waals surface area contributed by atoms with Crippen molar-refractivity contribution in [1.29, 1.82) is 0 Å². The van der Waals surface area contributed by atoms with E-state index in [4.69, 9.17) is 4.74 Å². The Morgan fingerprint density at radius 3 is 2.53 bits per heavy atom. The van der Waals surface area contributed by atoms with E-state index >= 15 is 0 Å². The zero-order chi connectivity index (χ0) is 12.8. The van der Waals surface area contributed by atoms with Crippen LogP contribution in [0.25, 0.3) is 0 Å². The van der Waals surface area contributed by atoms with Crippen LogP contribution in [0, 0.1) is 12.8 Å². The maximum atomic E-state index is 10.2. The Morgan fingerprint density at radius 1 is 1.29 bits per heavy atom. The minimum Gasteiger partial charge on any atom is -0.390 e. The molecule has 0 aromatic heterocycles. The lowest BCUT2D eigenvalue weighted by atomic mass is 9.95. The Morgan fingerprint density at radius 2 is 2.00 bits per heavy atom. The van der Waals surface area contributed by atoms with Crippen molar-refractivity contribution in [2.24, 2.45) is 5.92 Å². The Kier molecular flexibility index (Phi) is 5.66. The monoisotopic (exact) mass is 236 g/mol. The minimum atomic E-state index is -0.434. The largest absolute Gasteiger partial charge is 0.390 e. The second kappa shape index (κ2) is 6.77. The van der Waals surface area contributed by atoms with Gasteiger partial charge in [0.15, 0.2) is 0 Å². The van der Waals surface area contributed by atoms with Crippen LogP contribution in [0.15, 0.2) is 24.3 Å². The third-order valence-electron chi connectivity index (χ3n) is 2.92. The van der Waals surface area contributed by atoms with Gasteiger partial charge in [-0.05, 0) is 25.3 Å². The zero-order valence-electron chi connectivity index (χ0n) is 11.3. The fourth-order valence-electron chi connectivity index (χ4n) is 2.14. The first-order valence-electron chi connectivity index (χ1n) is 6.39. The van der Waals surface area contributed by atoms with Gasteiger partial charge in [0.05, 0.1) is 12.2 Å². The Balaban J connectivity index is 2.66. The summed E-state index contributed by atoms with van der Waals surface area (Å²) in [7, 11) is 0. The summed E-state index contributed by atoms with van der Waals surface area (Å²) >= 11 is 0. The van der Waals surface area contributed by atoms with Gasteiger partial charge in [-0.3, -0.25) is 0 Å². The molecule has 1 rings (SSSR count). The zero-order valence-corrected chi connectivity index (χ0v) is 11.3. The molecule has 2 nitrogen and oxygen atoms in total. The van der Waals surface area contributed by atoms with Gasteiger partial charge in [-0.25, -0.2) is 0 Å². The molecular weight excluding hydrogens is 212 g/mol. The van der Waals surface area contributed by atoms with Crippen LogP contribution >= 0.6 is 0 Å². The number of rotatable bonds is 6. The van der Waals surface area contributed by atoms with Gasteiger partial charge in [0.2, 0.25) is 0 Å². The molecular formula is C15H24O2. The lowest BCUT2D eigenvalue weighted by molar-refractivity contribution is -0.0562. The summed E-state index contributed by atoms with van der Waals surface area (Å²) in [6.07, 6.45) is 0.141. The SMILES string of the molecule is CCOC(C(C)C)C(O)Cc1cccc(C)c1. The first-order chi connectivity index (χ1) is 8.04. The molecule has 0 spiro atoms. The summed E-state index contributed by atoms with van der Waals surface area (Å²) in [5.41, 5.74) is 2.40. The van der Waals surface area contributed by atoms with Gasteiger partial charge in [0.25, 0.3) is 0 Å². The van der Waals surface area contributed by atoms with Gasteiger partial charge in [-0.1, -0.05) is 43.7 Å². The maximum Gasteiger partial charge on any atom is 0.0859 e. The highest BCUT2D eigenvalue weighted by Crippen LogP contribution is 2.16. The molecule has 0 heterocycles. The average Bonchev–Trinajstić information content (AvgIpc) is 2.25. The van der Waals surface area contributed by atoms with Crippen LogP contribution in [0.2, 0.25) is 0 Å². The van der Waals surface area contributed by atoms with Crippen molar-refractivity contribution >= 4 is 0 Å². The normalized spacial score (nSPS) is 14.9. The molecule has 0 radical (unpaired) electrons. The summed E-state index contributed by atoms with van der Waals surface area (Å²) in [5, 5.41) is 10.2. The predicted octanol–water partition coefficient (Wildman–Crippen LogP) is 2.96. The molecule has 1 aromatic rings. The van der Waals surface area contributed by atoms with Crippen molar-refractivity contribution in [3.05, 3.63) is 35.4 Å². The quantitative estimate of drug-likeness (QED) is 0.823. The van der Waals surface area contributed by atoms with Crippen LogP contribution in [-0.4, -0.2) is 23.9 Å². The Labute approximate surface area is 105 Å². The van der Waals surface area contributed by atoms with E-state index < -0.39 is 6.10 Å². The molecule has 17 heavy (non-hydrogen) atoms. The molecule has 0 aliphatic heterocycles. The first kappa shape index (κ1) is 14.2. The lowest BCUT2D eigenvalue weighted by Gasteiger charge is -2.26. The molecule has 0 saturated carbocycles. The van der Waals surface area contributed by atoms with E-state index in [0.717, 1.165) is 0 Å². The highest BCUT2D eigenvalue weighted by molar-refractivity contribution is 5.22. The van der Waals surface area contributed by atoms with E-state index in [9.17, 15) is 5.11 Å². The van der Waals surface area contributed by atoms with Crippen molar-refractivity contribution in [3.8, 4) is 0 Å². The summed E-state index contributed by atoms with van der Waals surface area (Å²) in [5.74, 6) is 0.328. The van der Waals surface area contributed by atoms with E-state index in [1.54, 1.807) is 0 Å². The molecule has 0 bridgehead atoms. The first-order valence-corrected chi connectivity index (χ1v) is 6.39. The highest BCUT2D eigenvalue weighted by atomic mass is 16.5. The van der Waals surface area contributed by atoms with Crippen molar-refractivity contribution in [2.45, 2.75) is 46.3 Å². The van der Waals surface area contributed by atoms with E-state index in [0.29, 0.717) is 18.9 Å². The van der Waals surface area contributed by atoms with E-state index in [-0.39, 0.29) is 6.10 Å². The molecule has 2 atom stereocenters. The topological polar surface area (TPSA) is 29.5 Å². The lowest BCUT2D eigenvalue weighted by Crippen LogP contribution is -2.35. The van der Waals surface area contributed by atoms with Gasteiger partial charge in [0.1, 0.15) is 0 Å². The number of hydrogen-bond acceptors (Lipinski definition) is 2. The highest BCUT2D eigenvalue weighted by Gasteiger charge is 2.23. The second-order valence-corrected chi connectivity index (χ2v) is 4.92. The summed E-state index contributed by atoms with van der Waals surface area (Å²) in [4.78, 5) is 0. The van der Waals surface area contributed by atoms with Crippen LogP contribution in [0.1, 0.15) is 31.9 Å². The van der Waals surface area contributed by atoms with Gasteiger partial charge < -0.3 is 9.84 Å². The number of benzene rings is 1. The smallest absolute Gasteiger partial charge is 0.0859 e. The third kappa shape index (κ3) is 4.49. The van der Waals surface area contributed by atoms with Gasteiger partial charge in [-0.2, -0.15) is 0 Å². The number of hydrogen-bond donors (Lipinski definition) is 1. The van der Waals surface area contributed by atoms with E-state index in [1.807, 2.05) is 13.0 Å². The standard InChI is InChI=1S/C15H24O2/c1-5-17-15(11(2)3)14(16)10-13-8-6-7-12(4)9-13/h6-9,11,14-16H,5,10H2,1-4H3.